The Kier molecular flexibility index (Phi) is 4.18. The quantitative estimate of drug-likeness (QED) is 0.764. The summed E-state index contributed by atoms with van der Waals surface area (Å²) < 4.78 is 5.64. The largest absolute Gasteiger partial charge is 0.376 e. The van der Waals surface area contributed by atoms with Crippen molar-refractivity contribution in [2.45, 2.75) is 31.8 Å². The molecule has 0 spiro atoms. The summed E-state index contributed by atoms with van der Waals surface area (Å²) in [6.07, 6.45) is 4.46. The van der Waals surface area contributed by atoms with Crippen molar-refractivity contribution in [2.75, 3.05) is 33.3 Å². The summed E-state index contributed by atoms with van der Waals surface area (Å²) in [4.78, 5) is 13.7. The molecule has 0 saturated carbocycles. The van der Waals surface area contributed by atoms with Crippen LogP contribution in [0.2, 0.25) is 0 Å². The van der Waals surface area contributed by atoms with E-state index in [1.54, 1.807) is 0 Å². The van der Waals surface area contributed by atoms with Crippen molar-refractivity contribution in [1.29, 1.82) is 0 Å². The normalized spacial score (nSPS) is 26.2. The van der Waals surface area contributed by atoms with Gasteiger partial charge in [-0.05, 0) is 38.3 Å². The lowest BCUT2D eigenvalue weighted by molar-refractivity contribution is -0.133. The Morgan fingerprint density at radius 3 is 2.81 bits per heavy atom. The lowest BCUT2D eigenvalue weighted by atomic mass is 9.98. The molecule has 1 N–H and O–H groups in total. The van der Waals surface area contributed by atoms with Gasteiger partial charge >= 0.3 is 0 Å². The number of hydrogen-bond donors (Lipinski definition) is 1. The van der Waals surface area contributed by atoms with Crippen LogP contribution in [0.3, 0.4) is 0 Å². The Morgan fingerprint density at radius 2 is 2.25 bits per heavy atom. The van der Waals surface area contributed by atoms with Crippen LogP contribution in [0.5, 0.6) is 0 Å². The number of carbonyl (C=O) groups is 1. The highest BCUT2D eigenvalue weighted by molar-refractivity contribution is 5.76. The van der Waals surface area contributed by atoms with Crippen molar-refractivity contribution in [3.8, 4) is 0 Å². The molecular formula is C12H22N2O2. The van der Waals surface area contributed by atoms with Crippen LogP contribution in [-0.2, 0) is 9.53 Å². The summed E-state index contributed by atoms with van der Waals surface area (Å²) in [7, 11) is 1.90. The van der Waals surface area contributed by atoms with Crippen LogP contribution in [0.15, 0.2) is 0 Å². The second kappa shape index (κ2) is 5.64. The first-order valence-corrected chi connectivity index (χ1v) is 6.32. The Labute approximate surface area is 97.3 Å². The van der Waals surface area contributed by atoms with Crippen LogP contribution in [0.4, 0.5) is 0 Å². The summed E-state index contributed by atoms with van der Waals surface area (Å²) >= 11 is 0. The molecule has 16 heavy (non-hydrogen) atoms. The SMILES string of the molecule is CN(CC1CCCCO1)C(=O)CC1CNC1. The number of ether oxygens (including phenoxy) is 1. The molecule has 1 unspecified atom stereocenters. The summed E-state index contributed by atoms with van der Waals surface area (Å²) in [6.45, 7) is 3.62. The average molecular weight is 226 g/mol. The molecule has 2 aliphatic heterocycles. The Morgan fingerprint density at radius 1 is 1.44 bits per heavy atom. The fourth-order valence-corrected chi connectivity index (χ4v) is 2.25. The number of hydrogen-bond acceptors (Lipinski definition) is 3. The molecule has 0 aliphatic carbocycles. The first kappa shape index (κ1) is 11.9. The van der Waals surface area contributed by atoms with Gasteiger partial charge in [0.25, 0.3) is 0 Å². The average Bonchev–Trinajstić information content (AvgIpc) is 2.24. The van der Waals surface area contributed by atoms with E-state index >= 15 is 0 Å². The van der Waals surface area contributed by atoms with Gasteiger partial charge in [0.1, 0.15) is 0 Å². The molecular weight excluding hydrogens is 204 g/mol. The minimum absolute atomic E-state index is 0.265. The zero-order valence-corrected chi connectivity index (χ0v) is 10.1. The van der Waals surface area contributed by atoms with E-state index in [1.165, 1.54) is 12.8 Å². The first-order chi connectivity index (χ1) is 7.75. The second-order valence-corrected chi connectivity index (χ2v) is 4.99. The first-order valence-electron chi connectivity index (χ1n) is 6.32. The minimum Gasteiger partial charge on any atom is -0.376 e. The topological polar surface area (TPSA) is 41.6 Å². The van der Waals surface area contributed by atoms with Gasteiger partial charge in [-0.15, -0.1) is 0 Å². The Hall–Kier alpha value is -0.610. The van der Waals surface area contributed by atoms with Gasteiger partial charge in [-0.1, -0.05) is 0 Å². The van der Waals surface area contributed by atoms with Gasteiger partial charge in [-0.3, -0.25) is 4.79 Å². The Bertz CT molecular complexity index is 235. The van der Waals surface area contributed by atoms with Crippen LogP contribution < -0.4 is 5.32 Å². The van der Waals surface area contributed by atoms with Crippen molar-refractivity contribution in [3.05, 3.63) is 0 Å². The third kappa shape index (κ3) is 3.19. The van der Waals surface area contributed by atoms with Crippen LogP contribution in [0, 0.1) is 5.92 Å². The summed E-state index contributed by atoms with van der Waals surface area (Å²) in [5.41, 5.74) is 0. The molecule has 4 nitrogen and oxygen atoms in total. The maximum atomic E-state index is 11.9. The van der Waals surface area contributed by atoms with E-state index in [4.69, 9.17) is 4.74 Å². The molecule has 92 valence electrons. The maximum Gasteiger partial charge on any atom is 0.222 e. The van der Waals surface area contributed by atoms with Crippen molar-refractivity contribution >= 4 is 5.91 Å². The van der Waals surface area contributed by atoms with E-state index in [9.17, 15) is 4.79 Å². The molecule has 0 radical (unpaired) electrons. The molecule has 1 amide bonds. The lowest BCUT2D eigenvalue weighted by Crippen LogP contribution is -2.45. The van der Waals surface area contributed by atoms with Crippen molar-refractivity contribution in [3.63, 3.8) is 0 Å². The zero-order chi connectivity index (χ0) is 11.4. The smallest absolute Gasteiger partial charge is 0.222 e. The van der Waals surface area contributed by atoms with Gasteiger partial charge in [0.05, 0.1) is 6.10 Å². The highest BCUT2D eigenvalue weighted by atomic mass is 16.5. The molecule has 2 saturated heterocycles. The molecule has 4 heteroatoms. The fourth-order valence-electron chi connectivity index (χ4n) is 2.25. The third-order valence-electron chi connectivity index (χ3n) is 3.51. The van der Waals surface area contributed by atoms with E-state index in [0.29, 0.717) is 12.3 Å². The van der Waals surface area contributed by atoms with Gasteiger partial charge in [-0.2, -0.15) is 0 Å². The number of carbonyl (C=O) groups excluding carboxylic acids is 1. The number of amides is 1. The number of nitrogens with zero attached hydrogens (tertiary/aromatic N) is 1. The number of likely N-dealkylation sites (N-methyl/N-ethyl adjacent to an activating group) is 1. The molecule has 2 fully saturated rings. The third-order valence-corrected chi connectivity index (χ3v) is 3.51. The maximum absolute atomic E-state index is 11.9. The van der Waals surface area contributed by atoms with Crippen LogP contribution in [-0.4, -0.2) is 50.2 Å². The summed E-state index contributed by atoms with van der Waals surface area (Å²) in [5.74, 6) is 0.822. The van der Waals surface area contributed by atoms with E-state index in [1.807, 2.05) is 11.9 Å². The molecule has 0 aromatic rings. The standard InChI is InChI=1S/C12H22N2O2/c1-14(9-11-4-2-3-5-16-11)12(15)6-10-7-13-8-10/h10-11,13H,2-9H2,1H3. The van der Waals surface area contributed by atoms with E-state index in [2.05, 4.69) is 5.32 Å². The molecule has 2 rings (SSSR count). The lowest BCUT2D eigenvalue weighted by Gasteiger charge is -2.31. The summed E-state index contributed by atoms with van der Waals surface area (Å²) in [6, 6.07) is 0. The molecule has 0 aromatic heterocycles. The van der Waals surface area contributed by atoms with Gasteiger partial charge in [0.15, 0.2) is 0 Å². The van der Waals surface area contributed by atoms with Gasteiger partial charge in [-0.25, -0.2) is 0 Å². The van der Waals surface area contributed by atoms with Crippen LogP contribution >= 0.6 is 0 Å². The van der Waals surface area contributed by atoms with Gasteiger partial charge in [0.2, 0.25) is 5.91 Å². The van der Waals surface area contributed by atoms with Crippen LogP contribution in [0.1, 0.15) is 25.7 Å². The van der Waals surface area contributed by atoms with E-state index < -0.39 is 0 Å². The highest BCUT2D eigenvalue weighted by Gasteiger charge is 2.24. The molecule has 0 bridgehead atoms. The van der Waals surface area contributed by atoms with Crippen molar-refractivity contribution in [1.82, 2.24) is 10.2 Å². The highest BCUT2D eigenvalue weighted by Crippen LogP contribution is 2.15. The van der Waals surface area contributed by atoms with Crippen molar-refractivity contribution < 1.29 is 9.53 Å². The minimum atomic E-state index is 0.265. The predicted octanol–water partition coefficient (Wildman–Crippen LogP) is 0.623. The van der Waals surface area contributed by atoms with Gasteiger partial charge < -0.3 is 15.0 Å². The number of rotatable bonds is 4. The fraction of sp³-hybridized carbons (Fsp3) is 0.917. The second-order valence-electron chi connectivity index (χ2n) is 4.99. The number of nitrogens with one attached hydrogen (secondary N) is 1. The molecule has 2 heterocycles. The molecule has 1 atom stereocenters. The summed E-state index contributed by atoms with van der Waals surface area (Å²) in [5, 5.41) is 3.19. The monoisotopic (exact) mass is 226 g/mol. The Balaban J connectivity index is 1.68. The van der Waals surface area contributed by atoms with E-state index in [-0.39, 0.29) is 12.0 Å². The molecule has 2 aliphatic rings. The zero-order valence-electron chi connectivity index (χ0n) is 10.1. The van der Waals surface area contributed by atoms with Crippen LogP contribution in [0.25, 0.3) is 0 Å². The molecule has 0 aromatic carbocycles. The van der Waals surface area contributed by atoms with Gasteiger partial charge in [0, 0.05) is 26.6 Å². The van der Waals surface area contributed by atoms with Crippen molar-refractivity contribution in [2.24, 2.45) is 5.92 Å². The van der Waals surface area contributed by atoms with E-state index in [0.717, 1.165) is 32.7 Å². The predicted molar refractivity (Wildman–Crippen MR) is 62.2 cm³/mol.